The van der Waals surface area contributed by atoms with E-state index in [1.54, 1.807) is 0 Å². The fraction of sp³-hybridized carbons (Fsp3) is 0.667. The summed E-state index contributed by atoms with van der Waals surface area (Å²) >= 11 is 3.31. The van der Waals surface area contributed by atoms with E-state index in [0.717, 1.165) is 36.6 Å². The second-order valence-electron chi connectivity index (χ2n) is 3.84. The Bertz CT molecular complexity index is 297. The van der Waals surface area contributed by atoms with Gasteiger partial charge in [-0.3, -0.25) is 0 Å². The quantitative estimate of drug-likeness (QED) is 0.836. The first kappa shape index (κ1) is 13.7. The van der Waals surface area contributed by atoms with Crippen molar-refractivity contribution < 1.29 is 4.42 Å². The summed E-state index contributed by atoms with van der Waals surface area (Å²) in [6.07, 6.45) is 0. The molecule has 1 atom stereocenters. The fourth-order valence-electron chi connectivity index (χ4n) is 1.64. The SMILES string of the molecule is CCN(CC)CCN[C@@H](C)c1ccc(Br)o1. The first-order chi connectivity index (χ1) is 7.67. The number of furan rings is 1. The molecule has 1 aromatic rings. The predicted octanol–water partition coefficient (Wildman–Crippen LogP) is 3.03. The Morgan fingerprint density at radius 1 is 1.38 bits per heavy atom. The molecule has 0 amide bonds. The van der Waals surface area contributed by atoms with E-state index in [2.05, 4.69) is 46.9 Å². The Labute approximate surface area is 106 Å². The molecule has 0 aliphatic heterocycles. The molecular formula is C12H21BrN2O. The van der Waals surface area contributed by atoms with Gasteiger partial charge in [-0.2, -0.15) is 0 Å². The zero-order valence-electron chi connectivity index (χ0n) is 10.3. The van der Waals surface area contributed by atoms with Crippen LogP contribution in [-0.2, 0) is 0 Å². The van der Waals surface area contributed by atoms with Crippen LogP contribution in [0, 0.1) is 0 Å². The van der Waals surface area contributed by atoms with Crippen LogP contribution in [0.2, 0.25) is 0 Å². The molecular weight excluding hydrogens is 268 g/mol. The Hall–Kier alpha value is -0.320. The summed E-state index contributed by atoms with van der Waals surface area (Å²) in [5.74, 6) is 0.978. The van der Waals surface area contributed by atoms with E-state index in [0.29, 0.717) is 0 Å². The van der Waals surface area contributed by atoms with E-state index in [-0.39, 0.29) is 6.04 Å². The first-order valence-corrected chi connectivity index (χ1v) is 6.67. The normalized spacial score (nSPS) is 13.3. The summed E-state index contributed by atoms with van der Waals surface area (Å²) in [5.41, 5.74) is 0. The Balaban J connectivity index is 2.27. The topological polar surface area (TPSA) is 28.4 Å². The standard InChI is InChI=1S/C12H21BrN2O/c1-4-15(5-2)9-8-14-10(3)11-6-7-12(13)16-11/h6-7,10,14H,4-5,8-9H2,1-3H3/t10-/m0/s1. The van der Waals surface area contributed by atoms with Crippen molar-refractivity contribution in [3.63, 3.8) is 0 Å². The maximum absolute atomic E-state index is 5.50. The molecule has 92 valence electrons. The average molecular weight is 289 g/mol. The lowest BCUT2D eigenvalue weighted by Crippen LogP contribution is -2.32. The van der Waals surface area contributed by atoms with Crippen molar-refractivity contribution in [1.29, 1.82) is 0 Å². The van der Waals surface area contributed by atoms with Crippen molar-refractivity contribution >= 4 is 15.9 Å². The minimum atomic E-state index is 0.266. The molecule has 3 nitrogen and oxygen atoms in total. The van der Waals surface area contributed by atoms with Crippen LogP contribution >= 0.6 is 15.9 Å². The van der Waals surface area contributed by atoms with Crippen LogP contribution < -0.4 is 5.32 Å². The van der Waals surface area contributed by atoms with Crippen LogP contribution in [-0.4, -0.2) is 31.1 Å². The van der Waals surface area contributed by atoms with Gasteiger partial charge in [0.25, 0.3) is 0 Å². The molecule has 1 heterocycles. The van der Waals surface area contributed by atoms with Gasteiger partial charge in [0.1, 0.15) is 5.76 Å². The molecule has 0 unspecified atom stereocenters. The smallest absolute Gasteiger partial charge is 0.169 e. The monoisotopic (exact) mass is 288 g/mol. The van der Waals surface area contributed by atoms with Gasteiger partial charge in [-0.05, 0) is 48.1 Å². The summed E-state index contributed by atoms with van der Waals surface area (Å²) in [4.78, 5) is 2.40. The molecule has 0 spiro atoms. The number of likely N-dealkylation sites (N-methyl/N-ethyl adjacent to an activating group) is 1. The largest absolute Gasteiger partial charge is 0.453 e. The molecule has 0 aliphatic carbocycles. The van der Waals surface area contributed by atoms with Crippen LogP contribution in [0.4, 0.5) is 0 Å². The summed E-state index contributed by atoms with van der Waals surface area (Å²) in [5, 5.41) is 3.46. The highest BCUT2D eigenvalue weighted by atomic mass is 79.9. The maximum atomic E-state index is 5.50. The molecule has 0 aliphatic rings. The van der Waals surface area contributed by atoms with Crippen molar-refractivity contribution in [2.45, 2.75) is 26.8 Å². The van der Waals surface area contributed by atoms with Crippen LogP contribution in [0.25, 0.3) is 0 Å². The highest BCUT2D eigenvalue weighted by Gasteiger charge is 2.09. The van der Waals surface area contributed by atoms with Gasteiger partial charge in [-0.25, -0.2) is 0 Å². The predicted molar refractivity (Wildman–Crippen MR) is 70.6 cm³/mol. The molecule has 0 saturated heterocycles. The van der Waals surface area contributed by atoms with Crippen LogP contribution in [0.3, 0.4) is 0 Å². The van der Waals surface area contributed by atoms with Crippen molar-refractivity contribution in [3.05, 3.63) is 22.6 Å². The van der Waals surface area contributed by atoms with Gasteiger partial charge in [-0.15, -0.1) is 0 Å². The van der Waals surface area contributed by atoms with E-state index in [1.165, 1.54) is 0 Å². The number of nitrogens with one attached hydrogen (secondary N) is 1. The summed E-state index contributed by atoms with van der Waals surface area (Å²) in [6.45, 7) is 10.8. The molecule has 0 bridgehead atoms. The molecule has 16 heavy (non-hydrogen) atoms. The maximum Gasteiger partial charge on any atom is 0.169 e. The molecule has 0 aromatic carbocycles. The lowest BCUT2D eigenvalue weighted by atomic mass is 10.2. The molecule has 1 N–H and O–H groups in total. The Kier molecular flexibility index (Phi) is 6.09. The van der Waals surface area contributed by atoms with Gasteiger partial charge in [0.15, 0.2) is 4.67 Å². The van der Waals surface area contributed by atoms with Crippen LogP contribution in [0.5, 0.6) is 0 Å². The Morgan fingerprint density at radius 2 is 2.06 bits per heavy atom. The molecule has 0 saturated carbocycles. The van der Waals surface area contributed by atoms with Gasteiger partial charge >= 0.3 is 0 Å². The summed E-state index contributed by atoms with van der Waals surface area (Å²) < 4.78 is 6.29. The number of hydrogen-bond acceptors (Lipinski definition) is 3. The average Bonchev–Trinajstić information content (AvgIpc) is 2.71. The van der Waals surface area contributed by atoms with Crippen molar-refractivity contribution in [2.24, 2.45) is 0 Å². The van der Waals surface area contributed by atoms with Gasteiger partial charge < -0.3 is 14.6 Å². The second kappa shape index (κ2) is 7.09. The van der Waals surface area contributed by atoms with Gasteiger partial charge in [-0.1, -0.05) is 13.8 Å². The van der Waals surface area contributed by atoms with E-state index in [9.17, 15) is 0 Å². The zero-order chi connectivity index (χ0) is 12.0. The van der Waals surface area contributed by atoms with Gasteiger partial charge in [0, 0.05) is 13.1 Å². The van der Waals surface area contributed by atoms with Crippen molar-refractivity contribution in [1.82, 2.24) is 10.2 Å². The summed E-state index contributed by atoms with van der Waals surface area (Å²) in [7, 11) is 0. The molecule has 0 fully saturated rings. The van der Waals surface area contributed by atoms with E-state index in [1.807, 2.05) is 12.1 Å². The van der Waals surface area contributed by atoms with Gasteiger partial charge in [0.2, 0.25) is 0 Å². The summed E-state index contributed by atoms with van der Waals surface area (Å²) in [6, 6.07) is 4.19. The molecule has 1 rings (SSSR count). The van der Waals surface area contributed by atoms with Crippen molar-refractivity contribution in [2.75, 3.05) is 26.2 Å². The lowest BCUT2D eigenvalue weighted by molar-refractivity contribution is 0.293. The minimum Gasteiger partial charge on any atom is -0.453 e. The second-order valence-corrected chi connectivity index (χ2v) is 4.63. The number of halogens is 1. The van der Waals surface area contributed by atoms with Crippen LogP contribution in [0.1, 0.15) is 32.6 Å². The number of hydrogen-bond donors (Lipinski definition) is 1. The molecule has 1 aromatic heterocycles. The van der Waals surface area contributed by atoms with Crippen LogP contribution in [0.15, 0.2) is 21.2 Å². The third-order valence-corrected chi connectivity index (χ3v) is 3.22. The number of nitrogens with zero attached hydrogens (tertiary/aromatic N) is 1. The lowest BCUT2D eigenvalue weighted by Gasteiger charge is -2.19. The highest BCUT2D eigenvalue weighted by molar-refractivity contribution is 9.10. The molecule has 0 radical (unpaired) electrons. The Morgan fingerprint density at radius 3 is 2.56 bits per heavy atom. The third kappa shape index (κ3) is 4.28. The highest BCUT2D eigenvalue weighted by Crippen LogP contribution is 2.19. The van der Waals surface area contributed by atoms with E-state index >= 15 is 0 Å². The minimum absolute atomic E-state index is 0.266. The van der Waals surface area contributed by atoms with Gasteiger partial charge in [0.05, 0.1) is 6.04 Å². The number of rotatable bonds is 7. The van der Waals surface area contributed by atoms with E-state index < -0.39 is 0 Å². The first-order valence-electron chi connectivity index (χ1n) is 5.88. The zero-order valence-corrected chi connectivity index (χ0v) is 11.9. The fourth-order valence-corrected chi connectivity index (χ4v) is 1.96. The third-order valence-electron chi connectivity index (χ3n) is 2.79. The molecule has 4 heteroatoms. The van der Waals surface area contributed by atoms with E-state index in [4.69, 9.17) is 4.42 Å². The van der Waals surface area contributed by atoms with Crippen molar-refractivity contribution in [3.8, 4) is 0 Å².